The minimum Gasteiger partial charge on any atom is -0.481 e. The second-order valence-corrected chi connectivity index (χ2v) is 11.8. The number of likely N-dealkylation sites (N-methyl/N-ethyl adjacent to an activating group) is 1. The quantitative estimate of drug-likeness (QED) is 0.250. The maximum absolute atomic E-state index is 13.6. The Morgan fingerprint density at radius 1 is 1.12 bits per heavy atom. The fraction of sp³-hybridized carbons (Fsp3) is 0.467. The highest BCUT2D eigenvalue weighted by molar-refractivity contribution is 7.16. The van der Waals surface area contributed by atoms with Crippen molar-refractivity contribution >= 4 is 28.1 Å². The Hall–Kier alpha value is -3.34. The molecule has 0 aromatic carbocycles. The molecule has 4 rings (SSSR count). The Bertz CT molecular complexity index is 1590. The highest BCUT2D eigenvalue weighted by Crippen LogP contribution is 2.30. The summed E-state index contributed by atoms with van der Waals surface area (Å²) in [6.45, 7) is 15.6. The average molecular weight is 566 g/mol. The summed E-state index contributed by atoms with van der Waals surface area (Å²) in [4.78, 5) is 26.4. The summed E-state index contributed by atoms with van der Waals surface area (Å²) in [5, 5.41) is 6.78. The zero-order valence-electron chi connectivity index (χ0n) is 24.7. The zero-order chi connectivity index (χ0) is 29.0. The van der Waals surface area contributed by atoms with E-state index in [-0.39, 0.29) is 11.0 Å². The summed E-state index contributed by atoms with van der Waals surface area (Å²) in [6, 6.07) is 6.18. The smallest absolute Gasteiger partial charge is 0.278 e. The van der Waals surface area contributed by atoms with Gasteiger partial charge in [-0.15, -0.1) is 11.3 Å². The Morgan fingerprint density at radius 3 is 2.58 bits per heavy atom. The topological polar surface area (TPSA) is 91.1 Å². The number of nitrogens with zero attached hydrogens (tertiary/aromatic N) is 5. The first-order valence-corrected chi connectivity index (χ1v) is 14.3. The van der Waals surface area contributed by atoms with Crippen molar-refractivity contribution in [3.8, 4) is 17.1 Å². The van der Waals surface area contributed by atoms with E-state index in [1.807, 2.05) is 13.0 Å². The number of hydrogen-bond donors (Lipinski definition) is 0. The van der Waals surface area contributed by atoms with Crippen molar-refractivity contribution in [2.24, 2.45) is 0 Å². The molecule has 214 valence electrons. The van der Waals surface area contributed by atoms with Gasteiger partial charge in [0.1, 0.15) is 0 Å². The third kappa shape index (κ3) is 6.19. The lowest BCUT2D eigenvalue weighted by Gasteiger charge is -2.20. The molecule has 0 unspecified atom stereocenters. The highest BCUT2D eigenvalue weighted by atomic mass is 32.1. The Morgan fingerprint density at radius 2 is 1.90 bits per heavy atom. The van der Waals surface area contributed by atoms with Gasteiger partial charge in [-0.25, -0.2) is 9.97 Å². The van der Waals surface area contributed by atoms with Gasteiger partial charge in [0.2, 0.25) is 5.88 Å². The van der Waals surface area contributed by atoms with Gasteiger partial charge in [-0.1, -0.05) is 20.8 Å². The molecule has 4 heterocycles. The lowest BCUT2D eigenvalue weighted by Crippen LogP contribution is -2.26. The molecule has 4 aromatic rings. The summed E-state index contributed by atoms with van der Waals surface area (Å²) in [5.74, 6) is 0.430. The van der Waals surface area contributed by atoms with E-state index in [2.05, 4.69) is 55.8 Å². The van der Waals surface area contributed by atoms with Crippen molar-refractivity contribution < 1.29 is 14.2 Å². The number of methoxy groups -OCH3 is 2. The van der Waals surface area contributed by atoms with E-state index in [0.717, 1.165) is 39.4 Å². The molecule has 0 atom stereocenters. The SMILES string of the molecule is CCN(CCOCCOC)c1ccc(/C=c2/c(C(C)(C)C)nn3c(=O)c(C)c(-c4cc(C)cnc4OC)nc23)s1. The van der Waals surface area contributed by atoms with Crippen LogP contribution >= 0.6 is 11.3 Å². The molecule has 10 heteroatoms. The summed E-state index contributed by atoms with van der Waals surface area (Å²) in [5.41, 5.74) is 3.52. The number of ether oxygens (including phenoxy) is 3. The average Bonchev–Trinajstić information content (AvgIpc) is 3.53. The second-order valence-electron chi connectivity index (χ2n) is 10.7. The third-order valence-corrected chi connectivity index (χ3v) is 7.75. The molecule has 0 bridgehead atoms. The first kappa shape index (κ1) is 29.6. The molecule has 0 aliphatic heterocycles. The number of hydrogen-bond acceptors (Lipinski definition) is 9. The standard InChI is InChI=1S/C30H39N5O4S/c1-9-34(12-13-39-15-14-37-7)24-11-10-21(40-24)17-23-26(30(4,5)6)33-35-27(23)32-25(20(3)29(35)36)22-16-19(2)18-31-28(22)38-8/h10-11,16-18H,9,12-15H2,1-8H3/b23-17-. The van der Waals surface area contributed by atoms with E-state index >= 15 is 0 Å². The molecule has 0 radical (unpaired) electrons. The van der Waals surface area contributed by atoms with E-state index in [1.165, 1.54) is 4.52 Å². The monoisotopic (exact) mass is 565 g/mol. The van der Waals surface area contributed by atoms with Crippen molar-refractivity contribution in [2.75, 3.05) is 52.0 Å². The minimum absolute atomic E-state index is 0.203. The van der Waals surface area contributed by atoms with Gasteiger partial charge in [0.05, 0.1) is 48.9 Å². The first-order valence-electron chi connectivity index (χ1n) is 13.5. The molecule has 0 N–H and O–H groups in total. The molecule has 0 saturated carbocycles. The fourth-order valence-electron chi connectivity index (χ4n) is 4.53. The lowest BCUT2D eigenvalue weighted by atomic mass is 9.91. The van der Waals surface area contributed by atoms with Crippen LogP contribution in [0.25, 0.3) is 23.0 Å². The van der Waals surface area contributed by atoms with Crippen molar-refractivity contribution in [3.63, 3.8) is 0 Å². The number of aromatic nitrogens is 4. The van der Waals surface area contributed by atoms with E-state index < -0.39 is 0 Å². The number of pyridine rings is 1. The Labute approximate surface area is 239 Å². The minimum atomic E-state index is -0.308. The van der Waals surface area contributed by atoms with Crippen LogP contribution < -0.4 is 20.4 Å². The molecule has 0 aliphatic carbocycles. The number of aryl methyl sites for hydroxylation is 1. The highest BCUT2D eigenvalue weighted by Gasteiger charge is 2.25. The number of thiophene rings is 1. The van der Waals surface area contributed by atoms with Crippen LogP contribution in [-0.4, -0.2) is 66.7 Å². The molecule has 40 heavy (non-hydrogen) atoms. The van der Waals surface area contributed by atoms with Gasteiger partial charge in [-0.2, -0.15) is 9.61 Å². The maximum Gasteiger partial charge on any atom is 0.278 e. The van der Waals surface area contributed by atoms with E-state index in [1.54, 1.807) is 38.7 Å². The Balaban J connectivity index is 1.84. The van der Waals surface area contributed by atoms with E-state index in [9.17, 15) is 4.79 Å². The first-order chi connectivity index (χ1) is 19.1. The summed E-state index contributed by atoms with van der Waals surface area (Å²) in [6.07, 6.45) is 3.83. The summed E-state index contributed by atoms with van der Waals surface area (Å²) >= 11 is 1.69. The molecule has 0 amide bonds. The normalized spacial score (nSPS) is 12.4. The van der Waals surface area contributed by atoms with Crippen LogP contribution in [0.4, 0.5) is 5.00 Å². The van der Waals surface area contributed by atoms with E-state index in [0.29, 0.717) is 48.2 Å². The predicted octanol–water partition coefficient (Wildman–Crippen LogP) is 4.17. The van der Waals surface area contributed by atoms with Gasteiger partial charge in [0.25, 0.3) is 5.56 Å². The maximum atomic E-state index is 13.6. The summed E-state index contributed by atoms with van der Waals surface area (Å²) in [7, 11) is 3.25. The second kappa shape index (κ2) is 12.4. The van der Waals surface area contributed by atoms with Crippen LogP contribution in [0.3, 0.4) is 0 Å². The fourth-order valence-corrected chi connectivity index (χ4v) is 5.57. The van der Waals surface area contributed by atoms with Crippen LogP contribution in [-0.2, 0) is 14.9 Å². The zero-order valence-corrected chi connectivity index (χ0v) is 25.5. The molecular formula is C30H39N5O4S. The van der Waals surface area contributed by atoms with Crippen molar-refractivity contribution in [2.45, 2.75) is 47.0 Å². The van der Waals surface area contributed by atoms with Crippen LogP contribution in [0, 0.1) is 13.8 Å². The van der Waals surface area contributed by atoms with Gasteiger partial charge in [-0.05, 0) is 50.6 Å². The molecule has 9 nitrogen and oxygen atoms in total. The number of anilines is 1. The number of fused-ring (bicyclic) bond motifs is 1. The van der Waals surface area contributed by atoms with Crippen molar-refractivity contribution in [1.82, 2.24) is 19.6 Å². The molecule has 0 spiro atoms. The van der Waals surface area contributed by atoms with Gasteiger partial charge in [-0.3, -0.25) is 4.79 Å². The van der Waals surface area contributed by atoms with Gasteiger partial charge < -0.3 is 19.1 Å². The summed E-state index contributed by atoms with van der Waals surface area (Å²) < 4.78 is 17.7. The Kier molecular flexibility index (Phi) is 9.22. The van der Waals surface area contributed by atoms with E-state index in [4.69, 9.17) is 24.3 Å². The van der Waals surface area contributed by atoms with Crippen LogP contribution in [0.5, 0.6) is 5.88 Å². The van der Waals surface area contributed by atoms with Crippen LogP contribution in [0.15, 0.2) is 29.2 Å². The molecule has 0 fully saturated rings. The molecule has 0 saturated heterocycles. The number of rotatable bonds is 11. The molecular weight excluding hydrogens is 526 g/mol. The third-order valence-electron chi connectivity index (χ3n) is 6.66. The van der Waals surface area contributed by atoms with Crippen molar-refractivity contribution in [3.05, 3.63) is 61.7 Å². The molecule has 0 aliphatic rings. The largest absolute Gasteiger partial charge is 0.481 e. The molecule has 4 aromatic heterocycles. The van der Waals surface area contributed by atoms with Crippen molar-refractivity contribution in [1.29, 1.82) is 0 Å². The van der Waals surface area contributed by atoms with Gasteiger partial charge in [0.15, 0.2) is 5.65 Å². The van der Waals surface area contributed by atoms with Crippen LogP contribution in [0.2, 0.25) is 0 Å². The van der Waals surface area contributed by atoms with Gasteiger partial charge >= 0.3 is 0 Å². The lowest BCUT2D eigenvalue weighted by molar-refractivity contribution is 0.0741. The van der Waals surface area contributed by atoms with Gasteiger partial charge in [0, 0.05) is 47.5 Å². The van der Waals surface area contributed by atoms with Crippen LogP contribution in [0.1, 0.15) is 49.4 Å². The predicted molar refractivity (Wildman–Crippen MR) is 161 cm³/mol.